The van der Waals surface area contributed by atoms with Crippen molar-refractivity contribution in [1.29, 1.82) is 0 Å². The Labute approximate surface area is 111 Å². The van der Waals surface area contributed by atoms with E-state index >= 15 is 0 Å². The van der Waals surface area contributed by atoms with Crippen molar-refractivity contribution in [2.45, 2.75) is 51.6 Å². The molecule has 0 radical (unpaired) electrons. The number of fused-ring (bicyclic) bond motifs is 3. The molecule has 3 fully saturated rings. The second-order valence-corrected chi connectivity index (χ2v) is 6.29. The minimum absolute atomic E-state index is 0.830. The van der Waals surface area contributed by atoms with E-state index in [1.165, 1.54) is 37.8 Å². The molecule has 1 heteroatoms. The summed E-state index contributed by atoms with van der Waals surface area (Å²) in [5.74, 6) is 2.10. The van der Waals surface area contributed by atoms with Crippen LogP contribution in [0.15, 0.2) is 36.0 Å². The smallest absolute Gasteiger partial charge is 0.110 e. The summed E-state index contributed by atoms with van der Waals surface area (Å²) in [4.78, 5) is 1.91. The van der Waals surface area contributed by atoms with Crippen LogP contribution in [0, 0.1) is 11.8 Å². The van der Waals surface area contributed by atoms with E-state index in [9.17, 15) is 0 Å². The maximum Gasteiger partial charge on any atom is 0.110 e. The van der Waals surface area contributed by atoms with Gasteiger partial charge in [0.2, 0.25) is 0 Å². The fourth-order valence-electron chi connectivity index (χ4n) is 4.11. The largest absolute Gasteiger partial charge is 0.326 e. The standard InChI is InChI=1S/C17H25N/c1-3-13(2)8-4-5-9-16-14-12-15(14)17-10-6-7-11-18(16)17/h3-5,8-9,14-17H,6-7,10-12H2,1-2H3/p+1. The lowest BCUT2D eigenvalue weighted by Gasteiger charge is -2.32. The molecule has 2 heterocycles. The molecular formula is C17H26N+. The van der Waals surface area contributed by atoms with Crippen molar-refractivity contribution in [3.63, 3.8) is 0 Å². The monoisotopic (exact) mass is 244 g/mol. The first-order valence-electron chi connectivity index (χ1n) is 7.64. The fourth-order valence-corrected chi connectivity index (χ4v) is 4.11. The molecule has 1 aliphatic carbocycles. The quantitative estimate of drug-likeness (QED) is 0.728. The first-order valence-corrected chi connectivity index (χ1v) is 7.64. The minimum atomic E-state index is 0.830. The molecule has 0 aromatic rings. The number of quaternary nitrogens is 1. The van der Waals surface area contributed by atoms with Gasteiger partial charge in [-0.1, -0.05) is 29.9 Å². The molecule has 0 bridgehead atoms. The van der Waals surface area contributed by atoms with E-state index in [4.69, 9.17) is 0 Å². The molecule has 18 heavy (non-hydrogen) atoms. The van der Waals surface area contributed by atoms with Gasteiger partial charge >= 0.3 is 0 Å². The molecule has 0 amide bonds. The maximum atomic E-state index is 2.49. The number of allylic oxidation sites excluding steroid dienone is 5. The molecular weight excluding hydrogens is 218 g/mol. The van der Waals surface area contributed by atoms with Crippen LogP contribution in [-0.4, -0.2) is 18.6 Å². The van der Waals surface area contributed by atoms with Crippen LogP contribution in [0.2, 0.25) is 0 Å². The van der Waals surface area contributed by atoms with Gasteiger partial charge in [0.1, 0.15) is 6.04 Å². The fraction of sp³-hybridized carbons (Fsp3) is 0.647. The third kappa shape index (κ3) is 2.21. The first kappa shape index (κ1) is 12.2. The van der Waals surface area contributed by atoms with Crippen molar-refractivity contribution in [3.8, 4) is 0 Å². The minimum Gasteiger partial charge on any atom is -0.326 e. The molecule has 2 saturated heterocycles. The first-order chi connectivity index (χ1) is 8.81. The Morgan fingerprint density at radius 2 is 2.06 bits per heavy atom. The van der Waals surface area contributed by atoms with Crippen molar-refractivity contribution in [3.05, 3.63) is 36.0 Å². The topological polar surface area (TPSA) is 4.44 Å². The van der Waals surface area contributed by atoms with Crippen LogP contribution < -0.4 is 4.90 Å². The van der Waals surface area contributed by atoms with E-state index in [0.29, 0.717) is 0 Å². The van der Waals surface area contributed by atoms with Gasteiger partial charge in [0.15, 0.2) is 0 Å². The zero-order chi connectivity index (χ0) is 12.5. The molecule has 0 aromatic heterocycles. The number of piperidine rings is 2. The number of hydrogen-bond donors (Lipinski definition) is 1. The Balaban J connectivity index is 1.63. The van der Waals surface area contributed by atoms with Crippen LogP contribution in [0.4, 0.5) is 0 Å². The zero-order valence-electron chi connectivity index (χ0n) is 11.7. The summed E-state index contributed by atoms with van der Waals surface area (Å²) in [5, 5.41) is 0. The SMILES string of the molecule is CC=C(C)C=CC=CC1C2CC2C2CCCC[NH+]12. The molecule has 3 rings (SSSR count). The highest BCUT2D eigenvalue weighted by atomic mass is 15.2. The van der Waals surface area contributed by atoms with Crippen molar-refractivity contribution >= 4 is 0 Å². The third-order valence-electron chi connectivity index (χ3n) is 5.25. The van der Waals surface area contributed by atoms with Crippen LogP contribution in [-0.2, 0) is 0 Å². The van der Waals surface area contributed by atoms with Crippen LogP contribution in [0.5, 0.6) is 0 Å². The van der Waals surface area contributed by atoms with Gasteiger partial charge in [-0.2, -0.15) is 0 Å². The van der Waals surface area contributed by atoms with E-state index < -0.39 is 0 Å². The predicted molar refractivity (Wildman–Crippen MR) is 76.6 cm³/mol. The average Bonchev–Trinajstić information content (AvgIpc) is 3.13. The van der Waals surface area contributed by atoms with Gasteiger partial charge in [-0.3, -0.25) is 0 Å². The van der Waals surface area contributed by atoms with E-state index in [2.05, 4.69) is 44.2 Å². The molecule has 5 atom stereocenters. The lowest BCUT2D eigenvalue weighted by atomic mass is 10.0. The van der Waals surface area contributed by atoms with E-state index in [1.54, 1.807) is 0 Å². The average molecular weight is 244 g/mol. The Kier molecular flexibility index (Phi) is 3.43. The molecule has 1 N–H and O–H groups in total. The Morgan fingerprint density at radius 1 is 1.17 bits per heavy atom. The van der Waals surface area contributed by atoms with E-state index in [1.807, 2.05) is 4.90 Å². The van der Waals surface area contributed by atoms with Gasteiger partial charge in [-0.15, -0.1) is 0 Å². The van der Waals surface area contributed by atoms with Gasteiger partial charge in [-0.25, -0.2) is 0 Å². The van der Waals surface area contributed by atoms with Crippen LogP contribution in [0.3, 0.4) is 0 Å². The van der Waals surface area contributed by atoms with Gasteiger partial charge in [0.25, 0.3) is 0 Å². The summed E-state index contributed by atoms with van der Waals surface area (Å²) < 4.78 is 0. The Bertz CT molecular complexity index is 390. The van der Waals surface area contributed by atoms with Gasteiger partial charge in [-0.05, 0) is 45.6 Å². The zero-order valence-corrected chi connectivity index (χ0v) is 11.7. The second-order valence-electron chi connectivity index (χ2n) is 6.29. The Morgan fingerprint density at radius 3 is 2.89 bits per heavy atom. The van der Waals surface area contributed by atoms with Gasteiger partial charge in [0, 0.05) is 11.8 Å². The third-order valence-corrected chi connectivity index (χ3v) is 5.25. The second kappa shape index (κ2) is 5.05. The van der Waals surface area contributed by atoms with Gasteiger partial charge in [0.05, 0.1) is 12.6 Å². The number of rotatable bonds is 3. The highest BCUT2D eigenvalue weighted by Crippen LogP contribution is 2.48. The van der Waals surface area contributed by atoms with E-state index in [-0.39, 0.29) is 0 Å². The molecule has 0 spiro atoms. The summed E-state index contributed by atoms with van der Waals surface area (Å²) in [6.45, 7) is 5.67. The molecule has 0 aromatic carbocycles. The van der Waals surface area contributed by atoms with Crippen molar-refractivity contribution in [2.75, 3.05) is 6.54 Å². The summed E-state index contributed by atoms with van der Waals surface area (Å²) in [6.07, 6.45) is 17.3. The van der Waals surface area contributed by atoms with Crippen molar-refractivity contribution in [1.82, 2.24) is 0 Å². The maximum absolute atomic E-state index is 2.49. The Hall–Kier alpha value is -0.820. The lowest BCUT2D eigenvalue weighted by molar-refractivity contribution is -0.940. The molecule has 98 valence electrons. The summed E-state index contributed by atoms with van der Waals surface area (Å²) in [6, 6.07) is 1.84. The molecule has 3 aliphatic rings. The summed E-state index contributed by atoms with van der Waals surface area (Å²) in [5.41, 5.74) is 1.35. The van der Waals surface area contributed by atoms with E-state index in [0.717, 1.165) is 23.9 Å². The summed E-state index contributed by atoms with van der Waals surface area (Å²) in [7, 11) is 0. The van der Waals surface area contributed by atoms with Crippen LogP contribution in [0.25, 0.3) is 0 Å². The number of nitrogens with one attached hydrogen (secondary N) is 1. The highest BCUT2D eigenvalue weighted by molar-refractivity contribution is 5.21. The highest BCUT2D eigenvalue weighted by Gasteiger charge is 2.61. The van der Waals surface area contributed by atoms with Crippen molar-refractivity contribution < 1.29 is 4.90 Å². The van der Waals surface area contributed by atoms with Crippen LogP contribution in [0.1, 0.15) is 39.5 Å². The van der Waals surface area contributed by atoms with Gasteiger partial charge < -0.3 is 4.90 Å². The number of hydrogen-bond acceptors (Lipinski definition) is 0. The molecule has 5 unspecified atom stereocenters. The van der Waals surface area contributed by atoms with Crippen LogP contribution >= 0.6 is 0 Å². The summed E-state index contributed by atoms with van der Waals surface area (Å²) >= 11 is 0. The predicted octanol–water partition coefficient (Wildman–Crippen LogP) is 2.52. The molecule has 1 nitrogen and oxygen atoms in total. The normalized spacial score (nSPS) is 43.4. The molecule has 1 saturated carbocycles. The lowest BCUT2D eigenvalue weighted by Crippen LogP contribution is -3.18. The molecule has 2 aliphatic heterocycles. The van der Waals surface area contributed by atoms with Crippen molar-refractivity contribution in [2.24, 2.45) is 11.8 Å².